The second-order valence-corrected chi connectivity index (χ2v) is 7.59. The highest BCUT2D eigenvalue weighted by Gasteiger charge is 2.26. The van der Waals surface area contributed by atoms with Gasteiger partial charge in [-0.2, -0.15) is 0 Å². The van der Waals surface area contributed by atoms with Crippen LogP contribution in [0.4, 0.5) is 5.00 Å². The lowest BCUT2D eigenvalue weighted by molar-refractivity contribution is -0.119. The van der Waals surface area contributed by atoms with Crippen LogP contribution in [-0.4, -0.2) is 44.0 Å². The average molecular weight is 473 g/mol. The van der Waals surface area contributed by atoms with Crippen LogP contribution in [0.15, 0.2) is 18.2 Å². The van der Waals surface area contributed by atoms with Crippen molar-refractivity contribution in [3.8, 4) is 0 Å². The van der Waals surface area contributed by atoms with Gasteiger partial charge in [0, 0.05) is 7.05 Å². The summed E-state index contributed by atoms with van der Waals surface area (Å²) < 4.78 is 9.98. The number of nitrogens with one attached hydrogen (secondary N) is 2. The van der Waals surface area contributed by atoms with Crippen LogP contribution in [0.5, 0.6) is 0 Å². The summed E-state index contributed by atoms with van der Waals surface area (Å²) in [6.07, 6.45) is 0. The molecule has 2 rings (SSSR count). The number of anilines is 1. The minimum absolute atomic E-state index is 0.0121. The van der Waals surface area contributed by atoms with Crippen molar-refractivity contribution in [3.05, 3.63) is 49.8 Å². The van der Waals surface area contributed by atoms with E-state index in [-0.39, 0.29) is 37.7 Å². The van der Waals surface area contributed by atoms with E-state index in [1.807, 2.05) is 0 Å². The molecule has 8 nitrogen and oxygen atoms in total. The molecule has 1 aromatic carbocycles. The summed E-state index contributed by atoms with van der Waals surface area (Å²) >= 11 is 12.7. The SMILES string of the molecule is CCOC(=O)c1c(NC(=O)COC(=O)c2cccc(Cl)c2Cl)sc(C(=O)NC)c1C. The van der Waals surface area contributed by atoms with Gasteiger partial charge in [0.15, 0.2) is 6.61 Å². The van der Waals surface area contributed by atoms with Crippen molar-refractivity contribution >= 4 is 63.3 Å². The molecular weight excluding hydrogens is 455 g/mol. The third-order valence-electron chi connectivity index (χ3n) is 3.82. The van der Waals surface area contributed by atoms with Crippen molar-refractivity contribution in [2.45, 2.75) is 13.8 Å². The van der Waals surface area contributed by atoms with Gasteiger partial charge < -0.3 is 20.1 Å². The molecule has 0 radical (unpaired) electrons. The summed E-state index contributed by atoms with van der Waals surface area (Å²) in [6, 6.07) is 4.43. The van der Waals surface area contributed by atoms with E-state index in [1.165, 1.54) is 25.2 Å². The summed E-state index contributed by atoms with van der Waals surface area (Å²) in [5, 5.41) is 5.26. The fourth-order valence-electron chi connectivity index (χ4n) is 2.41. The number of hydrogen-bond donors (Lipinski definition) is 2. The maximum absolute atomic E-state index is 12.3. The highest BCUT2D eigenvalue weighted by atomic mass is 35.5. The third-order valence-corrected chi connectivity index (χ3v) is 5.84. The van der Waals surface area contributed by atoms with E-state index in [0.717, 1.165) is 11.3 Å². The van der Waals surface area contributed by atoms with Gasteiger partial charge in [0.2, 0.25) is 0 Å². The van der Waals surface area contributed by atoms with Crippen LogP contribution in [-0.2, 0) is 14.3 Å². The molecule has 2 aromatic rings. The monoisotopic (exact) mass is 472 g/mol. The molecule has 30 heavy (non-hydrogen) atoms. The quantitative estimate of drug-likeness (QED) is 0.594. The van der Waals surface area contributed by atoms with Crippen molar-refractivity contribution < 1.29 is 28.7 Å². The Morgan fingerprint density at radius 1 is 1.10 bits per heavy atom. The smallest absolute Gasteiger partial charge is 0.341 e. The van der Waals surface area contributed by atoms with Gasteiger partial charge in [0.05, 0.1) is 32.7 Å². The molecule has 0 fully saturated rings. The Labute approximate surface area is 186 Å². The first-order valence-corrected chi connectivity index (χ1v) is 10.2. The number of esters is 2. The first-order chi connectivity index (χ1) is 14.2. The zero-order valence-electron chi connectivity index (χ0n) is 16.3. The van der Waals surface area contributed by atoms with Gasteiger partial charge in [-0.05, 0) is 31.5 Å². The van der Waals surface area contributed by atoms with E-state index in [9.17, 15) is 19.2 Å². The lowest BCUT2D eigenvalue weighted by atomic mass is 10.1. The van der Waals surface area contributed by atoms with Crippen molar-refractivity contribution in [1.82, 2.24) is 5.32 Å². The van der Waals surface area contributed by atoms with Gasteiger partial charge in [0.1, 0.15) is 5.00 Å². The van der Waals surface area contributed by atoms with Crippen molar-refractivity contribution in [2.24, 2.45) is 0 Å². The zero-order chi connectivity index (χ0) is 22.4. The first kappa shape index (κ1) is 23.7. The molecular formula is C19H18Cl2N2O6S. The van der Waals surface area contributed by atoms with Crippen LogP contribution in [0.2, 0.25) is 10.0 Å². The molecule has 0 saturated carbocycles. The fourth-order valence-corrected chi connectivity index (χ4v) is 3.95. The maximum Gasteiger partial charge on any atom is 0.341 e. The standard InChI is InChI=1S/C19H18Cl2N2O6S/c1-4-28-19(27)13-9(2)15(16(25)22-3)30-17(13)23-12(24)8-29-18(26)10-6-5-7-11(20)14(10)21/h5-7H,4,8H2,1-3H3,(H,22,25)(H,23,24). The van der Waals surface area contributed by atoms with Crippen LogP contribution in [0.3, 0.4) is 0 Å². The van der Waals surface area contributed by atoms with Crippen molar-refractivity contribution in [2.75, 3.05) is 25.6 Å². The van der Waals surface area contributed by atoms with Gasteiger partial charge in [-0.25, -0.2) is 9.59 Å². The first-order valence-electron chi connectivity index (χ1n) is 8.64. The third kappa shape index (κ3) is 5.29. The Balaban J connectivity index is 2.17. The van der Waals surface area contributed by atoms with E-state index < -0.39 is 30.4 Å². The molecule has 11 heteroatoms. The molecule has 0 aliphatic heterocycles. The highest BCUT2D eigenvalue weighted by molar-refractivity contribution is 7.18. The number of carbonyl (C=O) groups excluding carboxylic acids is 4. The number of rotatable bonds is 7. The Hall–Kier alpha value is -2.62. The normalized spacial score (nSPS) is 10.3. The summed E-state index contributed by atoms with van der Waals surface area (Å²) in [5.74, 6) is -2.64. The van der Waals surface area contributed by atoms with Crippen LogP contribution < -0.4 is 10.6 Å². The molecule has 1 aromatic heterocycles. The molecule has 0 saturated heterocycles. The fraction of sp³-hybridized carbons (Fsp3) is 0.263. The Kier molecular flexibility index (Phi) is 8.22. The molecule has 0 spiro atoms. The molecule has 0 bridgehead atoms. The number of carbonyl (C=O) groups is 4. The largest absolute Gasteiger partial charge is 0.462 e. The van der Waals surface area contributed by atoms with E-state index in [0.29, 0.717) is 5.56 Å². The van der Waals surface area contributed by atoms with Crippen LogP contribution in [0, 0.1) is 6.92 Å². The summed E-state index contributed by atoms with van der Waals surface area (Å²) in [4.78, 5) is 49.0. The molecule has 0 aliphatic carbocycles. The minimum atomic E-state index is -0.836. The van der Waals surface area contributed by atoms with Gasteiger partial charge in [-0.3, -0.25) is 9.59 Å². The highest BCUT2D eigenvalue weighted by Crippen LogP contribution is 2.34. The van der Waals surface area contributed by atoms with Crippen LogP contribution >= 0.6 is 34.5 Å². The van der Waals surface area contributed by atoms with Crippen LogP contribution in [0.1, 0.15) is 42.9 Å². The van der Waals surface area contributed by atoms with E-state index in [2.05, 4.69) is 10.6 Å². The maximum atomic E-state index is 12.3. The van der Waals surface area contributed by atoms with Gasteiger partial charge >= 0.3 is 11.9 Å². The molecule has 0 unspecified atom stereocenters. The predicted octanol–water partition coefficient (Wildman–Crippen LogP) is 3.70. The second-order valence-electron chi connectivity index (χ2n) is 5.79. The summed E-state index contributed by atoms with van der Waals surface area (Å²) in [5.41, 5.74) is 0.451. The number of halogens is 2. The molecule has 0 atom stereocenters. The van der Waals surface area contributed by atoms with Gasteiger partial charge in [0.25, 0.3) is 11.8 Å². The summed E-state index contributed by atoms with van der Waals surface area (Å²) in [6.45, 7) is 2.69. The molecule has 160 valence electrons. The number of ether oxygens (including phenoxy) is 2. The zero-order valence-corrected chi connectivity index (χ0v) is 18.6. The Morgan fingerprint density at radius 3 is 2.43 bits per heavy atom. The molecule has 1 heterocycles. The number of benzene rings is 1. The van der Waals surface area contributed by atoms with E-state index >= 15 is 0 Å². The lowest BCUT2D eigenvalue weighted by Crippen LogP contribution is -2.22. The topological polar surface area (TPSA) is 111 Å². The lowest BCUT2D eigenvalue weighted by Gasteiger charge is -2.09. The van der Waals surface area contributed by atoms with Gasteiger partial charge in [-0.15, -0.1) is 11.3 Å². The van der Waals surface area contributed by atoms with Crippen molar-refractivity contribution in [1.29, 1.82) is 0 Å². The number of hydrogen-bond acceptors (Lipinski definition) is 7. The van der Waals surface area contributed by atoms with E-state index in [1.54, 1.807) is 13.8 Å². The second kappa shape index (κ2) is 10.4. The van der Waals surface area contributed by atoms with E-state index in [4.69, 9.17) is 32.7 Å². The average Bonchev–Trinajstić information content (AvgIpc) is 3.03. The Bertz CT molecular complexity index is 1010. The predicted molar refractivity (Wildman–Crippen MR) is 114 cm³/mol. The Morgan fingerprint density at radius 2 is 1.80 bits per heavy atom. The van der Waals surface area contributed by atoms with Crippen molar-refractivity contribution in [3.63, 3.8) is 0 Å². The van der Waals surface area contributed by atoms with Crippen LogP contribution in [0.25, 0.3) is 0 Å². The number of amides is 2. The summed E-state index contributed by atoms with van der Waals surface area (Å²) in [7, 11) is 1.45. The number of thiophene rings is 1. The molecule has 0 aliphatic rings. The molecule has 2 N–H and O–H groups in total. The molecule has 2 amide bonds. The van der Waals surface area contributed by atoms with Gasteiger partial charge in [-0.1, -0.05) is 29.3 Å². The minimum Gasteiger partial charge on any atom is -0.462 e.